The summed E-state index contributed by atoms with van der Waals surface area (Å²) in [4.78, 5) is 0. The van der Waals surface area contributed by atoms with Crippen molar-refractivity contribution in [1.29, 1.82) is 0 Å². The molecule has 146 valence electrons. The summed E-state index contributed by atoms with van der Waals surface area (Å²) in [6.45, 7) is 5.20. The van der Waals surface area contributed by atoms with Crippen molar-refractivity contribution in [3.05, 3.63) is 65.2 Å². The van der Waals surface area contributed by atoms with Gasteiger partial charge in [-0.1, -0.05) is 106 Å². The van der Waals surface area contributed by atoms with Gasteiger partial charge >= 0.3 is 0 Å². The summed E-state index contributed by atoms with van der Waals surface area (Å²) in [7, 11) is 0. The first-order valence-electron chi connectivity index (χ1n) is 10.8. The van der Waals surface area contributed by atoms with Crippen LogP contribution in [0.15, 0.2) is 48.5 Å². The molecule has 0 bridgehead atoms. The molecule has 2 aromatic carbocycles. The van der Waals surface area contributed by atoms with Gasteiger partial charge < -0.3 is 5.73 Å². The maximum absolute atomic E-state index is 5.39. The van der Waals surface area contributed by atoms with Crippen molar-refractivity contribution in [2.24, 2.45) is 5.73 Å². The monoisotopic (exact) mass is 363 g/mol. The van der Waals surface area contributed by atoms with Crippen molar-refractivity contribution < 1.29 is 0 Å². The van der Waals surface area contributed by atoms with Gasteiger partial charge in [0.15, 0.2) is 0 Å². The van der Waals surface area contributed by atoms with Crippen molar-refractivity contribution in [1.82, 2.24) is 0 Å². The Labute approximate surface area is 166 Å². The zero-order valence-electron chi connectivity index (χ0n) is 17.3. The van der Waals surface area contributed by atoms with Crippen LogP contribution in [0.4, 0.5) is 0 Å². The summed E-state index contributed by atoms with van der Waals surface area (Å²) in [5, 5.41) is 0. The van der Waals surface area contributed by atoms with E-state index < -0.39 is 0 Å². The number of rotatable bonds is 9. The molecule has 0 radical (unpaired) electrons. The number of hydrogen-bond donors (Lipinski definition) is 1. The summed E-state index contributed by atoms with van der Waals surface area (Å²) in [5.41, 5.74) is 12.5. The lowest BCUT2D eigenvalue weighted by molar-refractivity contribution is 0.578. The highest BCUT2D eigenvalue weighted by Gasteiger charge is 2.18. The topological polar surface area (TPSA) is 26.0 Å². The van der Waals surface area contributed by atoms with Gasteiger partial charge in [0.2, 0.25) is 0 Å². The fraction of sp³-hybridized carbons (Fsp3) is 0.462. The molecule has 0 fully saturated rings. The van der Waals surface area contributed by atoms with Gasteiger partial charge in [-0.05, 0) is 54.1 Å². The van der Waals surface area contributed by atoms with Gasteiger partial charge in [-0.2, -0.15) is 0 Å². The second-order valence-corrected chi connectivity index (χ2v) is 7.47. The predicted octanol–water partition coefficient (Wildman–Crippen LogP) is 7.38. The van der Waals surface area contributed by atoms with Crippen LogP contribution in [0.25, 0.3) is 17.2 Å². The molecule has 1 heteroatoms. The first kappa shape index (κ1) is 21.4. The lowest BCUT2D eigenvalue weighted by Crippen LogP contribution is -1.97. The van der Waals surface area contributed by atoms with Crippen molar-refractivity contribution in [3.8, 4) is 11.1 Å². The third-order valence-corrected chi connectivity index (χ3v) is 5.29. The van der Waals surface area contributed by atoms with Crippen LogP contribution in [0.2, 0.25) is 0 Å². The molecule has 1 nitrogen and oxygen atoms in total. The molecule has 0 amide bonds. The Hall–Kier alpha value is -1.86. The lowest BCUT2D eigenvalue weighted by atomic mass is 10.0. The minimum Gasteiger partial charge on any atom is -0.330 e. The third-order valence-electron chi connectivity index (χ3n) is 5.29. The Bertz CT molecular complexity index is 691. The van der Waals surface area contributed by atoms with Crippen LogP contribution in [-0.4, -0.2) is 6.54 Å². The van der Waals surface area contributed by atoms with E-state index in [9.17, 15) is 0 Å². The molecule has 0 saturated heterocycles. The number of allylic oxidation sites excluding steroid dienone is 1. The molecule has 0 aliphatic heterocycles. The first-order valence-corrected chi connectivity index (χ1v) is 10.8. The average Bonchev–Trinajstić information content (AvgIpc) is 3.08. The molecule has 0 atom stereocenters. The van der Waals surface area contributed by atoms with E-state index in [1.165, 1.54) is 79.2 Å². The van der Waals surface area contributed by atoms with E-state index >= 15 is 0 Å². The SMILES string of the molecule is CC=Cc1cccc2c1Cc1ccccc1-2.CCCCCCCCCCN. The number of benzene rings is 2. The average molecular weight is 364 g/mol. The van der Waals surface area contributed by atoms with Crippen LogP contribution in [-0.2, 0) is 6.42 Å². The number of unbranched alkanes of at least 4 members (excludes halogenated alkanes) is 7. The standard InChI is InChI=1S/C16H14.C10H23N/c1-2-6-12-8-5-10-15-14-9-4-3-7-13(14)11-16(12)15;1-2-3-4-5-6-7-8-9-10-11/h2-10H,11H2,1H3;2-11H2,1H3. The molecular weight excluding hydrogens is 326 g/mol. The highest BCUT2D eigenvalue weighted by atomic mass is 14.5. The largest absolute Gasteiger partial charge is 0.330 e. The molecule has 0 saturated carbocycles. The molecule has 0 spiro atoms. The van der Waals surface area contributed by atoms with Gasteiger partial charge in [-0.25, -0.2) is 0 Å². The van der Waals surface area contributed by atoms with Gasteiger partial charge in [-0.3, -0.25) is 0 Å². The minimum absolute atomic E-state index is 0.870. The van der Waals surface area contributed by atoms with Crippen LogP contribution in [0.1, 0.15) is 81.9 Å². The zero-order valence-corrected chi connectivity index (χ0v) is 17.3. The van der Waals surface area contributed by atoms with E-state index in [0.717, 1.165) is 13.0 Å². The molecular formula is C26H37N. The maximum Gasteiger partial charge on any atom is -0.000751 e. The van der Waals surface area contributed by atoms with E-state index in [0.29, 0.717) is 0 Å². The normalized spacial score (nSPS) is 11.8. The molecule has 0 aromatic heterocycles. The zero-order chi connectivity index (χ0) is 19.3. The van der Waals surface area contributed by atoms with Crippen LogP contribution in [0.5, 0.6) is 0 Å². The Balaban J connectivity index is 0.000000211. The van der Waals surface area contributed by atoms with Gasteiger partial charge in [0, 0.05) is 0 Å². The first-order chi connectivity index (χ1) is 13.3. The van der Waals surface area contributed by atoms with Crippen molar-refractivity contribution in [2.75, 3.05) is 6.54 Å². The Morgan fingerprint density at radius 1 is 0.815 bits per heavy atom. The summed E-state index contributed by atoms with van der Waals surface area (Å²) >= 11 is 0. The highest BCUT2D eigenvalue weighted by Crippen LogP contribution is 2.38. The maximum atomic E-state index is 5.39. The van der Waals surface area contributed by atoms with Crippen molar-refractivity contribution >= 4 is 6.08 Å². The fourth-order valence-corrected chi connectivity index (χ4v) is 3.80. The molecule has 0 heterocycles. The summed E-state index contributed by atoms with van der Waals surface area (Å²) < 4.78 is 0. The number of nitrogens with two attached hydrogens (primary N) is 1. The Morgan fingerprint density at radius 2 is 1.48 bits per heavy atom. The molecule has 1 aliphatic rings. The van der Waals surface area contributed by atoms with Crippen molar-refractivity contribution in [3.63, 3.8) is 0 Å². The van der Waals surface area contributed by atoms with E-state index in [4.69, 9.17) is 5.73 Å². The minimum atomic E-state index is 0.870. The van der Waals surface area contributed by atoms with Crippen molar-refractivity contribution in [2.45, 2.75) is 71.6 Å². The summed E-state index contributed by atoms with van der Waals surface area (Å²) in [6, 6.07) is 15.3. The molecule has 27 heavy (non-hydrogen) atoms. The molecule has 2 aromatic rings. The van der Waals surface area contributed by atoms with Crippen LogP contribution in [0.3, 0.4) is 0 Å². The summed E-state index contributed by atoms with van der Waals surface area (Å²) in [5.74, 6) is 0. The predicted molar refractivity (Wildman–Crippen MR) is 121 cm³/mol. The Kier molecular flexibility index (Phi) is 9.94. The van der Waals surface area contributed by atoms with Gasteiger partial charge in [0.25, 0.3) is 0 Å². The van der Waals surface area contributed by atoms with Crippen LogP contribution < -0.4 is 5.73 Å². The lowest BCUT2D eigenvalue weighted by Gasteiger charge is -2.03. The number of hydrogen-bond acceptors (Lipinski definition) is 1. The molecule has 2 N–H and O–H groups in total. The summed E-state index contributed by atoms with van der Waals surface area (Å²) in [6.07, 6.45) is 16.4. The van der Waals surface area contributed by atoms with Gasteiger partial charge in [0.1, 0.15) is 0 Å². The third kappa shape index (κ3) is 6.66. The second kappa shape index (κ2) is 12.5. The quantitative estimate of drug-likeness (QED) is 0.394. The van der Waals surface area contributed by atoms with E-state index in [1.807, 2.05) is 0 Å². The molecule has 3 rings (SSSR count). The van der Waals surface area contributed by atoms with E-state index in [1.54, 1.807) is 0 Å². The smallest absolute Gasteiger partial charge is 0.000751 e. The highest BCUT2D eigenvalue weighted by molar-refractivity contribution is 5.80. The van der Waals surface area contributed by atoms with Crippen LogP contribution in [0, 0.1) is 0 Å². The van der Waals surface area contributed by atoms with E-state index in [-0.39, 0.29) is 0 Å². The molecule has 0 unspecified atom stereocenters. The fourth-order valence-electron chi connectivity index (χ4n) is 3.80. The number of fused-ring (bicyclic) bond motifs is 3. The van der Waals surface area contributed by atoms with Crippen LogP contribution >= 0.6 is 0 Å². The van der Waals surface area contributed by atoms with E-state index in [2.05, 4.69) is 68.5 Å². The Morgan fingerprint density at radius 3 is 2.19 bits per heavy atom. The van der Waals surface area contributed by atoms with Gasteiger partial charge in [-0.15, -0.1) is 0 Å². The second-order valence-electron chi connectivity index (χ2n) is 7.47. The van der Waals surface area contributed by atoms with Gasteiger partial charge in [0.05, 0.1) is 0 Å². The molecule has 1 aliphatic carbocycles.